The van der Waals surface area contributed by atoms with Crippen molar-refractivity contribution >= 4 is 22.9 Å². The Labute approximate surface area is 68.8 Å². The number of carboxylic acid groups (broad SMARTS) is 1. The molecule has 0 aromatic rings. The number of rotatable bonds is 3. The summed E-state index contributed by atoms with van der Waals surface area (Å²) in [4.78, 5) is 10.4. The Morgan fingerprint density at radius 3 is 2.64 bits per heavy atom. The van der Waals surface area contributed by atoms with E-state index in [0.717, 1.165) is 11.8 Å². The Morgan fingerprint density at radius 1 is 1.82 bits per heavy atom. The summed E-state index contributed by atoms with van der Waals surface area (Å²) in [6, 6.07) is 0. The summed E-state index contributed by atoms with van der Waals surface area (Å²) in [6.45, 7) is 1.76. The number of hydrazone groups is 1. The first-order valence-electron chi connectivity index (χ1n) is 3.04. The van der Waals surface area contributed by atoms with Gasteiger partial charge in [-0.25, -0.2) is 0 Å². The van der Waals surface area contributed by atoms with E-state index in [1.54, 1.807) is 6.92 Å². The molecule has 0 aliphatic rings. The second kappa shape index (κ2) is 4.84. The minimum absolute atomic E-state index is 0.0965. The monoisotopic (exact) mass is 177 g/mol. The molecule has 0 rings (SSSR count). The fourth-order valence-corrected chi connectivity index (χ4v) is 1.10. The number of nitrogens with two attached hydrogens (primary N) is 2. The minimum atomic E-state index is -0.899. The number of hydrogen-bond donors (Lipinski definition) is 3. The average molecular weight is 177 g/mol. The molecule has 0 saturated heterocycles. The molecule has 0 aliphatic carbocycles. The number of carbonyl (C=O) groups is 1. The Bertz CT molecular complexity index is 171. The zero-order valence-electron chi connectivity index (χ0n) is 6.15. The zero-order chi connectivity index (χ0) is 8.85. The first-order valence-corrected chi connectivity index (χ1v) is 3.92. The maximum absolute atomic E-state index is 10.4. The Kier molecular flexibility index (Phi) is 4.44. The van der Waals surface area contributed by atoms with E-state index in [4.69, 9.17) is 16.7 Å². The van der Waals surface area contributed by atoms with Crippen molar-refractivity contribution < 1.29 is 9.90 Å². The SMILES string of the molecule is CCC(SC(N)=NN)C(=O)O. The summed E-state index contributed by atoms with van der Waals surface area (Å²) in [6.07, 6.45) is 0.496. The second-order valence-corrected chi connectivity index (χ2v) is 3.04. The molecule has 0 aromatic carbocycles. The van der Waals surface area contributed by atoms with Crippen molar-refractivity contribution in [2.24, 2.45) is 16.7 Å². The van der Waals surface area contributed by atoms with Gasteiger partial charge in [0.15, 0.2) is 5.17 Å². The topological polar surface area (TPSA) is 102 Å². The molecule has 0 aliphatic heterocycles. The van der Waals surface area contributed by atoms with Crippen molar-refractivity contribution in [1.82, 2.24) is 0 Å². The van der Waals surface area contributed by atoms with Crippen LogP contribution in [0.3, 0.4) is 0 Å². The molecule has 0 saturated carbocycles. The summed E-state index contributed by atoms with van der Waals surface area (Å²) >= 11 is 0.956. The molecule has 0 amide bonds. The van der Waals surface area contributed by atoms with E-state index >= 15 is 0 Å². The summed E-state index contributed by atoms with van der Waals surface area (Å²) in [5.41, 5.74) is 5.21. The second-order valence-electron chi connectivity index (χ2n) is 1.82. The van der Waals surface area contributed by atoms with Gasteiger partial charge < -0.3 is 16.7 Å². The van der Waals surface area contributed by atoms with Crippen molar-refractivity contribution in [3.8, 4) is 0 Å². The van der Waals surface area contributed by atoms with Crippen LogP contribution in [0.5, 0.6) is 0 Å². The van der Waals surface area contributed by atoms with Gasteiger partial charge in [-0.15, -0.1) is 0 Å². The van der Waals surface area contributed by atoms with Crippen LogP contribution in [0.25, 0.3) is 0 Å². The van der Waals surface area contributed by atoms with Gasteiger partial charge in [0.25, 0.3) is 0 Å². The van der Waals surface area contributed by atoms with Crippen LogP contribution in [0.1, 0.15) is 13.3 Å². The molecule has 5 N–H and O–H groups in total. The molecule has 0 heterocycles. The van der Waals surface area contributed by atoms with Gasteiger partial charge in [0.1, 0.15) is 5.25 Å². The highest BCUT2D eigenvalue weighted by Crippen LogP contribution is 2.13. The van der Waals surface area contributed by atoms with Gasteiger partial charge >= 0.3 is 5.97 Å². The Balaban J connectivity index is 3.98. The van der Waals surface area contributed by atoms with Gasteiger partial charge in [-0.1, -0.05) is 18.7 Å². The van der Waals surface area contributed by atoms with Crippen LogP contribution in [0, 0.1) is 0 Å². The molecule has 0 fully saturated rings. The van der Waals surface area contributed by atoms with Gasteiger partial charge in [0.2, 0.25) is 0 Å². The maximum Gasteiger partial charge on any atom is 0.317 e. The van der Waals surface area contributed by atoms with Gasteiger partial charge in [-0.05, 0) is 6.42 Å². The van der Waals surface area contributed by atoms with Gasteiger partial charge in [0.05, 0.1) is 0 Å². The summed E-state index contributed by atoms with van der Waals surface area (Å²) in [5, 5.41) is 11.2. The van der Waals surface area contributed by atoms with E-state index in [2.05, 4.69) is 5.10 Å². The average Bonchev–Trinajstić information content (AvgIpc) is 1.99. The number of amidine groups is 1. The van der Waals surface area contributed by atoms with Gasteiger partial charge in [0, 0.05) is 0 Å². The van der Waals surface area contributed by atoms with Crippen LogP contribution in [-0.2, 0) is 4.79 Å². The lowest BCUT2D eigenvalue weighted by Crippen LogP contribution is -2.21. The summed E-state index contributed by atoms with van der Waals surface area (Å²) in [7, 11) is 0. The predicted octanol–water partition coefficient (Wildman–Crippen LogP) is -0.229. The molecule has 64 valence electrons. The van der Waals surface area contributed by atoms with Crippen LogP contribution in [-0.4, -0.2) is 21.5 Å². The third-order valence-corrected chi connectivity index (χ3v) is 2.20. The fourth-order valence-electron chi connectivity index (χ4n) is 0.485. The first-order chi connectivity index (χ1) is 5.11. The van der Waals surface area contributed by atoms with E-state index in [-0.39, 0.29) is 5.17 Å². The van der Waals surface area contributed by atoms with Crippen LogP contribution >= 0.6 is 11.8 Å². The number of hydrogen-bond acceptors (Lipinski definition) is 4. The van der Waals surface area contributed by atoms with E-state index in [1.165, 1.54) is 0 Å². The predicted molar refractivity (Wildman–Crippen MR) is 45.1 cm³/mol. The molecular formula is C5H11N3O2S. The van der Waals surface area contributed by atoms with Crippen molar-refractivity contribution in [3.63, 3.8) is 0 Å². The maximum atomic E-state index is 10.4. The van der Waals surface area contributed by atoms with Crippen molar-refractivity contribution in [2.75, 3.05) is 0 Å². The lowest BCUT2D eigenvalue weighted by atomic mass is 10.3. The molecular weight excluding hydrogens is 166 g/mol. The molecule has 1 atom stereocenters. The number of thioether (sulfide) groups is 1. The van der Waals surface area contributed by atoms with E-state index in [9.17, 15) is 4.79 Å². The van der Waals surface area contributed by atoms with Crippen LogP contribution in [0.2, 0.25) is 0 Å². The van der Waals surface area contributed by atoms with Gasteiger partial charge in [-0.2, -0.15) is 5.10 Å². The standard InChI is InChI=1S/C5H11N3O2S/c1-2-3(4(9)10)11-5(6)8-7/h3H,2,7H2,1H3,(H2,6,8)(H,9,10). The lowest BCUT2D eigenvalue weighted by Gasteiger charge is -2.06. The highest BCUT2D eigenvalue weighted by Gasteiger charge is 2.16. The van der Waals surface area contributed by atoms with Crippen molar-refractivity contribution in [1.29, 1.82) is 0 Å². The molecule has 1 unspecified atom stereocenters. The molecule has 5 nitrogen and oxygen atoms in total. The van der Waals surface area contributed by atoms with Crippen molar-refractivity contribution in [2.45, 2.75) is 18.6 Å². The van der Waals surface area contributed by atoms with Crippen LogP contribution < -0.4 is 11.6 Å². The number of carboxylic acids is 1. The Morgan fingerprint density at radius 2 is 2.36 bits per heavy atom. The quantitative estimate of drug-likeness (QED) is 0.239. The normalized spacial score (nSPS) is 14.5. The summed E-state index contributed by atoms with van der Waals surface area (Å²) in [5.74, 6) is 3.93. The molecule has 0 radical (unpaired) electrons. The molecule has 0 spiro atoms. The molecule has 6 heteroatoms. The third-order valence-electron chi connectivity index (χ3n) is 1.04. The highest BCUT2D eigenvalue weighted by molar-refractivity contribution is 8.14. The zero-order valence-corrected chi connectivity index (χ0v) is 6.97. The molecule has 0 aromatic heterocycles. The number of aliphatic carboxylic acids is 1. The number of nitrogens with zero attached hydrogens (tertiary/aromatic N) is 1. The van der Waals surface area contributed by atoms with E-state index in [1.807, 2.05) is 0 Å². The van der Waals surface area contributed by atoms with E-state index in [0.29, 0.717) is 6.42 Å². The van der Waals surface area contributed by atoms with Crippen LogP contribution in [0.15, 0.2) is 5.10 Å². The van der Waals surface area contributed by atoms with Gasteiger partial charge in [-0.3, -0.25) is 4.79 Å². The largest absolute Gasteiger partial charge is 0.480 e. The molecule has 0 bridgehead atoms. The van der Waals surface area contributed by atoms with E-state index < -0.39 is 11.2 Å². The Hall–Kier alpha value is -0.910. The fraction of sp³-hybridized carbons (Fsp3) is 0.600. The smallest absolute Gasteiger partial charge is 0.317 e. The van der Waals surface area contributed by atoms with Crippen LogP contribution in [0.4, 0.5) is 0 Å². The highest BCUT2D eigenvalue weighted by atomic mass is 32.2. The summed E-state index contributed by atoms with van der Waals surface area (Å²) < 4.78 is 0. The first kappa shape index (κ1) is 10.1. The van der Waals surface area contributed by atoms with Crippen molar-refractivity contribution in [3.05, 3.63) is 0 Å². The molecule has 11 heavy (non-hydrogen) atoms. The third kappa shape index (κ3) is 3.72. The minimum Gasteiger partial charge on any atom is -0.480 e. The lowest BCUT2D eigenvalue weighted by molar-refractivity contribution is -0.136.